The summed E-state index contributed by atoms with van der Waals surface area (Å²) in [6, 6.07) is 1.99. The number of allylic oxidation sites excluding steroid dienone is 4. The van der Waals surface area contributed by atoms with Crippen molar-refractivity contribution in [2.75, 3.05) is 14.1 Å². The molecule has 0 aliphatic carbocycles. The number of nitriles is 1. The van der Waals surface area contributed by atoms with Gasteiger partial charge >= 0.3 is 0 Å². The fraction of sp³-hybridized carbons (Fsp3) is 0.444. The molecule has 0 aliphatic rings. The second-order valence-electron chi connectivity index (χ2n) is 2.70. The summed E-state index contributed by atoms with van der Waals surface area (Å²) in [7, 11) is 3.96. The van der Waals surface area contributed by atoms with Crippen molar-refractivity contribution in [1.82, 2.24) is 4.90 Å². The van der Waals surface area contributed by atoms with Crippen LogP contribution in [0.4, 0.5) is 0 Å². The molecule has 0 atom stereocenters. The van der Waals surface area contributed by atoms with E-state index >= 15 is 0 Å². The third-order valence-corrected chi connectivity index (χ3v) is 1.43. The van der Waals surface area contributed by atoms with E-state index in [0.717, 1.165) is 11.3 Å². The van der Waals surface area contributed by atoms with Crippen LogP contribution in [0.1, 0.15) is 13.8 Å². The zero-order chi connectivity index (χ0) is 8.85. The Morgan fingerprint density at radius 3 is 2.27 bits per heavy atom. The van der Waals surface area contributed by atoms with Gasteiger partial charge in [0.1, 0.15) is 0 Å². The van der Waals surface area contributed by atoms with Gasteiger partial charge in [-0.05, 0) is 25.5 Å². The first-order valence-electron chi connectivity index (χ1n) is 3.50. The molecule has 0 aromatic carbocycles. The number of hydrogen-bond acceptors (Lipinski definition) is 2. The van der Waals surface area contributed by atoms with Gasteiger partial charge in [-0.2, -0.15) is 5.26 Å². The van der Waals surface area contributed by atoms with E-state index in [2.05, 4.69) is 0 Å². The molecule has 0 saturated carbocycles. The highest BCUT2D eigenvalue weighted by Gasteiger charge is 1.90. The van der Waals surface area contributed by atoms with Crippen LogP contribution < -0.4 is 0 Å². The highest BCUT2D eigenvalue weighted by Crippen LogP contribution is 2.02. The molecule has 0 fully saturated rings. The van der Waals surface area contributed by atoms with Crippen molar-refractivity contribution in [3.05, 3.63) is 23.4 Å². The van der Waals surface area contributed by atoms with Gasteiger partial charge in [0.2, 0.25) is 0 Å². The maximum Gasteiger partial charge on any atom is 0.0914 e. The Hall–Kier alpha value is -1.23. The molecule has 2 nitrogen and oxygen atoms in total. The summed E-state index contributed by atoms with van der Waals surface area (Å²) in [5.74, 6) is 0. The van der Waals surface area contributed by atoms with Crippen molar-refractivity contribution in [1.29, 1.82) is 5.26 Å². The van der Waals surface area contributed by atoms with Gasteiger partial charge in [-0.3, -0.25) is 0 Å². The first kappa shape index (κ1) is 9.77. The van der Waals surface area contributed by atoms with Crippen LogP contribution in [0, 0.1) is 11.3 Å². The van der Waals surface area contributed by atoms with Crippen molar-refractivity contribution < 1.29 is 0 Å². The molecule has 0 N–H and O–H groups in total. The summed E-state index contributed by atoms with van der Waals surface area (Å²) >= 11 is 0. The molecule has 0 amide bonds. The molecule has 0 saturated heterocycles. The van der Waals surface area contributed by atoms with Gasteiger partial charge < -0.3 is 4.90 Å². The average Bonchev–Trinajstić information content (AvgIpc) is 1.87. The van der Waals surface area contributed by atoms with Crippen LogP contribution in [0.5, 0.6) is 0 Å². The van der Waals surface area contributed by atoms with E-state index in [9.17, 15) is 0 Å². The Kier molecular flexibility index (Phi) is 4.05. The molecule has 0 spiro atoms. The smallest absolute Gasteiger partial charge is 0.0914 e. The predicted octanol–water partition coefficient (Wildman–Crippen LogP) is 1.92. The summed E-state index contributed by atoms with van der Waals surface area (Å²) in [5.41, 5.74) is 2.13. The molecule has 11 heavy (non-hydrogen) atoms. The van der Waals surface area contributed by atoms with Crippen LogP contribution in [0.3, 0.4) is 0 Å². The molecule has 0 heterocycles. The minimum atomic E-state index is 0.985. The van der Waals surface area contributed by atoms with Crippen LogP contribution in [0.2, 0.25) is 0 Å². The van der Waals surface area contributed by atoms with Crippen LogP contribution >= 0.6 is 0 Å². The van der Waals surface area contributed by atoms with Crippen LogP contribution in [-0.2, 0) is 0 Å². The van der Waals surface area contributed by atoms with E-state index in [4.69, 9.17) is 5.26 Å². The van der Waals surface area contributed by atoms with Gasteiger partial charge in [-0.15, -0.1) is 0 Å². The quantitative estimate of drug-likeness (QED) is 0.444. The van der Waals surface area contributed by atoms with E-state index in [0.29, 0.717) is 0 Å². The number of rotatable bonds is 2. The van der Waals surface area contributed by atoms with Crippen molar-refractivity contribution in [2.45, 2.75) is 13.8 Å². The third kappa shape index (κ3) is 4.21. The molecule has 0 aromatic heterocycles. The molecular formula is C9H14N2. The Morgan fingerprint density at radius 2 is 1.91 bits per heavy atom. The van der Waals surface area contributed by atoms with Gasteiger partial charge in [0, 0.05) is 25.9 Å². The molecule has 0 unspecified atom stereocenters. The summed E-state index contributed by atoms with van der Waals surface area (Å²) in [6.45, 7) is 3.92. The number of nitrogens with zero attached hydrogens (tertiary/aromatic N) is 2. The Morgan fingerprint density at radius 1 is 1.36 bits per heavy atom. The fourth-order valence-electron chi connectivity index (χ4n) is 0.602. The largest absolute Gasteiger partial charge is 0.381 e. The van der Waals surface area contributed by atoms with E-state index in [1.807, 2.05) is 45.0 Å². The van der Waals surface area contributed by atoms with E-state index in [1.165, 1.54) is 6.08 Å². The zero-order valence-corrected chi connectivity index (χ0v) is 7.55. The third-order valence-electron chi connectivity index (χ3n) is 1.43. The highest BCUT2D eigenvalue weighted by atomic mass is 15.1. The minimum Gasteiger partial charge on any atom is -0.381 e. The highest BCUT2D eigenvalue weighted by molar-refractivity contribution is 5.24. The van der Waals surface area contributed by atoms with Gasteiger partial charge in [0.15, 0.2) is 0 Å². The van der Waals surface area contributed by atoms with Crippen LogP contribution in [0.25, 0.3) is 0 Å². The van der Waals surface area contributed by atoms with E-state index in [-0.39, 0.29) is 0 Å². The second-order valence-corrected chi connectivity index (χ2v) is 2.70. The monoisotopic (exact) mass is 150 g/mol. The van der Waals surface area contributed by atoms with Crippen molar-refractivity contribution in [2.24, 2.45) is 0 Å². The first-order chi connectivity index (χ1) is 5.07. The lowest BCUT2D eigenvalue weighted by Gasteiger charge is -2.11. The molecule has 0 aliphatic heterocycles. The van der Waals surface area contributed by atoms with Gasteiger partial charge in [-0.25, -0.2) is 0 Å². The SMILES string of the molecule is CC(=C\C#N)/C=C(\C)N(C)C. The maximum atomic E-state index is 8.32. The lowest BCUT2D eigenvalue weighted by molar-refractivity contribution is 0.513. The Bertz CT molecular complexity index is 216. The fourth-order valence-corrected chi connectivity index (χ4v) is 0.602. The maximum absolute atomic E-state index is 8.32. The number of hydrogen-bond donors (Lipinski definition) is 0. The van der Waals surface area contributed by atoms with Crippen molar-refractivity contribution in [3.8, 4) is 6.07 Å². The normalized spacial score (nSPS) is 12.6. The van der Waals surface area contributed by atoms with Crippen molar-refractivity contribution in [3.63, 3.8) is 0 Å². The predicted molar refractivity (Wildman–Crippen MR) is 46.8 cm³/mol. The summed E-state index contributed by atoms with van der Waals surface area (Å²) < 4.78 is 0. The molecule has 0 radical (unpaired) electrons. The van der Waals surface area contributed by atoms with Crippen LogP contribution in [-0.4, -0.2) is 19.0 Å². The van der Waals surface area contributed by atoms with E-state index in [1.54, 1.807) is 0 Å². The topological polar surface area (TPSA) is 27.0 Å². The molecule has 0 rings (SSSR count). The van der Waals surface area contributed by atoms with Gasteiger partial charge in [0.25, 0.3) is 0 Å². The zero-order valence-electron chi connectivity index (χ0n) is 7.55. The lowest BCUT2D eigenvalue weighted by atomic mass is 10.2. The average molecular weight is 150 g/mol. The van der Waals surface area contributed by atoms with E-state index < -0.39 is 0 Å². The first-order valence-corrected chi connectivity index (χ1v) is 3.50. The standard InChI is InChI=1S/C9H14N2/c1-8(5-6-10)7-9(2)11(3)4/h5,7H,1-4H3/b8-5+,9-7+. The second kappa shape index (κ2) is 4.56. The molecule has 0 aromatic rings. The van der Waals surface area contributed by atoms with Crippen molar-refractivity contribution >= 4 is 0 Å². The van der Waals surface area contributed by atoms with Gasteiger partial charge in [0.05, 0.1) is 6.07 Å². The minimum absolute atomic E-state index is 0.985. The molecule has 60 valence electrons. The summed E-state index contributed by atoms with van der Waals surface area (Å²) in [5, 5.41) is 8.32. The summed E-state index contributed by atoms with van der Waals surface area (Å²) in [6.07, 6.45) is 3.51. The Labute approximate surface area is 68.4 Å². The summed E-state index contributed by atoms with van der Waals surface area (Å²) in [4.78, 5) is 2.01. The van der Waals surface area contributed by atoms with Crippen LogP contribution in [0.15, 0.2) is 23.4 Å². The molecule has 2 heteroatoms. The van der Waals surface area contributed by atoms with Gasteiger partial charge in [-0.1, -0.05) is 0 Å². The molecule has 0 bridgehead atoms. The molecular weight excluding hydrogens is 136 g/mol. The lowest BCUT2D eigenvalue weighted by Crippen LogP contribution is -2.07. The Balaban J connectivity index is 4.34.